The summed E-state index contributed by atoms with van der Waals surface area (Å²) in [6.45, 7) is 7.73. The van der Waals surface area contributed by atoms with Gasteiger partial charge in [0.15, 0.2) is 5.16 Å². The van der Waals surface area contributed by atoms with Crippen LogP contribution in [0.5, 0.6) is 0 Å². The van der Waals surface area contributed by atoms with E-state index in [4.69, 9.17) is 4.74 Å². The van der Waals surface area contributed by atoms with Crippen LogP contribution < -0.4 is 5.56 Å². The number of hydrogen-bond donors (Lipinski definition) is 0. The van der Waals surface area contributed by atoms with Gasteiger partial charge in [-0.1, -0.05) is 11.8 Å². The number of nitrogens with zero attached hydrogens (tertiary/aromatic N) is 3. The van der Waals surface area contributed by atoms with Crippen molar-refractivity contribution in [3.63, 3.8) is 0 Å². The van der Waals surface area contributed by atoms with Crippen molar-refractivity contribution < 1.29 is 9.53 Å². The molecule has 0 radical (unpaired) electrons. The number of rotatable bonds is 3. The van der Waals surface area contributed by atoms with Crippen LogP contribution in [0.15, 0.2) is 9.95 Å². The molecule has 0 aliphatic carbocycles. The van der Waals surface area contributed by atoms with Crippen LogP contribution in [0.3, 0.4) is 0 Å². The predicted molar refractivity (Wildman–Crippen MR) is 97.1 cm³/mol. The van der Waals surface area contributed by atoms with Gasteiger partial charge in [0.05, 0.1) is 23.8 Å². The van der Waals surface area contributed by atoms with Gasteiger partial charge in [0.25, 0.3) is 5.56 Å². The van der Waals surface area contributed by atoms with E-state index in [1.54, 1.807) is 11.6 Å². The van der Waals surface area contributed by atoms with Crippen molar-refractivity contribution in [2.45, 2.75) is 32.0 Å². The number of thioether (sulfide) groups is 1. The van der Waals surface area contributed by atoms with Crippen LogP contribution in [-0.4, -0.2) is 51.9 Å². The maximum Gasteiger partial charge on any atom is 0.262 e. The number of morpholine rings is 1. The first-order chi connectivity index (χ1) is 11.4. The highest BCUT2D eigenvalue weighted by atomic mass is 32.2. The van der Waals surface area contributed by atoms with Gasteiger partial charge in [0.1, 0.15) is 4.83 Å². The summed E-state index contributed by atoms with van der Waals surface area (Å²) in [5.41, 5.74) is 0.954. The number of carbonyl (C=O) groups excluding carboxylic acids is 1. The third kappa shape index (κ3) is 3.22. The Hall–Kier alpha value is -1.38. The first kappa shape index (κ1) is 17.4. The second kappa shape index (κ2) is 6.85. The minimum Gasteiger partial charge on any atom is -0.375 e. The van der Waals surface area contributed by atoms with E-state index in [9.17, 15) is 9.59 Å². The number of hydrogen-bond acceptors (Lipinski definition) is 6. The van der Waals surface area contributed by atoms with E-state index in [0.29, 0.717) is 30.2 Å². The second-order valence-corrected chi connectivity index (χ2v) is 8.18. The lowest BCUT2D eigenvalue weighted by molar-refractivity contribution is -0.135. The molecule has 130 valence electrons. The number of aromatic nitrogens is 2. The SMILES string of the molecule is Cc1sc2nc(SCC(=O)N3CCOC(C)C3)n(C)c(=O)c2c1C. The summed E-state index contributed by atoms with van der Waals surface area (Å²) in [5.74, 6) is 0.338. The van der Waals surface area contributed by atoms with Crippen LogP contribution in [0.4, 0.5) is 0 Å². The van der Waals surface area contributed by atoms with Crippen molar-refractivity contribution in [3.05, 3.63) is 20.8 Å². The minimum absolute atomic E-state index is 0.0446. The van der Waals surface area contributed by atoms with Gasteiger partial charge in [-0.15, -0.1) is 11.3 Å². The van der Waals surface area contributed by atoms with Gasteiger partial charge >= 0.3 is 0 Å². The van der Waals surface area contributed by atoms with Gasteiger partial charge in [-0.2, -0.15) is 0 Å². The van der Waals surface area contributed by atoms with E-state index < -0.39 is 0 Å². The summed E-state index contributed by atoms with van der Waals surface area (Å²) < 4.78 is 7.00. The topological polar surface area (TPSA) is 64.4 Å². The van der Waals surface area contributed by atoms with Crippen molar-refractivity contribution in [2.75, 3.05) is 25.4 Å². The van der Waals surface area contributed by atoms with Gasteiger partial charge in [-0.05, 0) is 26.3 Å². The zero-order chi connectivity index (χ0) is 17.4. The highest BCUT2D eigenvalue weighted by molar-refractivity contribution is 7.99. The van der Waals surface area contributed by atoms with E-state index >= 15 is 0 Å². The molecule has 1 atom stereocenters. The quantitative estimate of drug-likeness (QED) is 0.613. The molecule has 1 saturated heterocycles. The fourth-order valence-corrected chi connectivity index (χ4v) is 4.69. The van der Waals surface area contributed by atoms with E-state index in [1.165, 1.54) is 23.1 Å². The van der Waals surface area contributed by atoms with Crippen LogP contribution in [0, 0.1) is 13.8 Å². The second-order valence-electron chi connectivity index (χ2n) is 6.03. The number of fused-ring (bicyclic) bond motifs is 1. The van der Waals surface area contributed by atoms with Crippen LogP contribution in [0.2, 0.25) is 0 Å². The Labute approximate surface area is 148 Å². The molecule has 2 aromatic heterocycles. The Kier molecular flexibility index (Phi) is 4.98. The van der Waals surface area contributed by atoms with Crippen molar-refractivity contribution in [1.82, 2.24) is 14.5 Å². The molecule has 2 aromatic rings. The van der Waals surface area contributed by atoms with Gasteiger partial charge in [0, 0.05) is 25.0 Å². The molecule has 6 nitrogen and oxygen atoms in total. The van der Waals surface area contributed by atoms with Gasteiger partial charge in [0.2, 0.25) is 5.91 Å². The smallest absolute Gasteiger partial charge is 0.262 e. The Bertz CT molecular complexity index is 843. The Morgan fingerprint density at radius 2 is 2.21 bits per heavy atom. The number of aryl methyl sites for hydroxylation is 2. The molecule has 3 heterocycles. The van der Waals surface area contributed by atoms with E-state index in [2.05, 4.69) is 4.98 Å². The molecule has 1 fully saturated rings. The van der Waals surface area contributed by atoms with Crippen molar-refractivity contribution in [1.29, 1.82) is 0 Å². The molecule has 1 amide bonds. The van der Waals surface area contributed by atoms with E-state index in [0.717, 1.165) is 15.3 Å². The van der Waals surface area contributed by atoms with Gasteiger partial charge < -0.3 is 9.64 Å². The van der Waals surface area contributed by atoms with E-state index in [-0.39, 0.29) is 23.3 Å². The number of thiophene rings is 1. The summed E-state index contributed by atoms with van der Waals surface area (Å²) in [6.07, 6.45) is 0.0728. The molecule has 8 heteroatoms. The highest BCUT2D eigenvalue weighted by Crippen LogP contribution is 2.28. The van der Waals surface area contributed by atoms with Crippen LogP contribution in [0.25, 0.3) is 10.2 Å². The van der Waals surface area contributed by atoms with Crippen LogP contribution in [-0.2, 0) is 16.6 Å². The largest absolute Gasteiger partial charge is 0.375 e. The molecular formula is C16H21N3O3S2. The fraction of sp³-hybridized carbons (Fsp3) is 0.562. The monoisotopic (exact) mass is 367 g/mol. The van der Waals surface area contributed by atoms with Crippen molar-refractivity contribution in [3.8, 4) is 0 Å². The number of amides is 1. The lowest BCUT2D eigenvalue weighted by Gasteiger charge is -2.31. The van der Waals surface area contributed by atoms with Crippen molar-refractivity contribution in [2.24, 2.45) is 7.05 Å². The van der Waals surface area contributed by atoms with Crippen LogP contribution in [0.1, 0.15) is 17.4 Å². The first-order valence-corrected chi connectivity index (χ1v) is 9.67. The summed E-state index contributed by atoms with van der Waals surface area (Å²) >= 11 is 2.85. The third-order valence-corrected chi connectivity index (χ3v) is 6.40. The number of ether oxygens (including phenoxy) is 1. The van der Waals surface area contributed by atoms with Gasteiger partial charge in [-0.25, -0.2) is 4.98 Å². The predicted octanol–water partition coefficient (Wildman–Crippen LogP) is 1.95. The maximum atomic E-state index is 12.6. The normalized spacial score (nSPS) is 18.3. The molecule has 1 aliphatic heterocycles. The summed E-state index contributed by atoms with van der Waals surface area (Å²) in [7, 11) is 1.71. The average Bonchev–Trinajstić information content (AvgIpc) is 2.83. The number of carbonyl (C=O) groups is 1. The molecule has 0 bridgehead atoms. The minimum atomic E-state index is -0.0446. The lowest BCUT2D eigenvalue weighted by Crippen LogP contribution is -2.45. The first-order valence-electron chi connectivity index (χ1n) is 7.87. The summed E-state index contributed by atoms with van der Waals surface area (Å²) in [5, 5.41) is 1.28. The lowest BCUT2D eigenvalue weighted by atomic mass is 10.2. The zero-order valence-electron chi connectivity index (χ0n) is 14.3. The Morgan fingerprint density at radius 3 is 2.92 bits per heavy atom. The van der Waals surface area contributed by atoms with Crippen LogP contribution >= 0.6 is 23.1 Å². The molecule has 1 unspecified atom stereocenters. The van der Waals surface area contributed by atoms with E-state index in [1.807, 2.05) is 25.7 Å². The van der Waals surface area contributed by atoms with Crippen molar-refractivity contribution >= 4 is 39.2 Å². The molecular weight excluding hydrogens is 346 g/mol. The molecule has 0 N–H and O–H groups in total. The fourth-order valence-electron chi connectivity index (χ4n) is 2.75. The molecule has 0 aromatic carbocycles. The standard InChI is InChI=1S/C16H21N3O3S2/c1-9-7-19(5-6-22-9)12(20)8-23-16-17-14-13(15(21)18(16)4)10(2)11(3)24-14/h9H,5-8H2,1-4H3. The zero-order valence-corrected chi connectivity index (χ0v) is 15.9. The third-order valence-electron chi connectivity index (χ3n) is 4.29. The summed E-state index contributed by atoms with van der Waals surface area (Å²) in [6, 6.07) is 0. The highest BCUT2D eigenvalue weighted by Gasteiger charge is 2.22. The Balaban J connectivity index is 1.79. The average molecular weight is 367 g/mol. The maximum absolute atomic E-state index is 12.6. The molecule has 0 saturated carbocycles. The molecule has 1 aliphatic rings. The Morgan fingerprint density at radius 1 is 1.46 bits per heavy atom. The summed E-state index contributed by atoms with van der Waals surface area (Å²) in [4.78, 5) is 33.2. The molecule has 0 spiro atoms. The molecule has 24 heavy (non-hydrogen) atoms. The molecule has 3 rings (SSSR count). The van der Waals surface area contributed by atoms with Gasteiger partial charge in [-0.3, -0.25) is 14.2 Å².